The van der Waals surface area contributed by atoms with Crippen molar-refractivity contribution in [3.05, 3.63) is 47.5 Å². The molecule has 0 aliphatic rings. The van der Waals surface area contributed by atoms with E-state index < -0.39 is 0 Å². The van der Waals surface area contributed by atoms with Gasteiger partial charge in [0.1, 0.15) is 18.2 Å². The first-order valence-corrected chi connectivity index (χ1v) is 6.55. The predicted molar refractivity (Wildman–Crippen MR) is 78.4 cm³/mol. The monoisotopic (exact) mass is 293 g/mol. The molecule has 0 radical (unpaired) electrons. The van der Waals surface area contributed by atoms with Gasteiger partial charge in [0.15, 0.2) is 5.84 Å². The summed E-state index contributed by atoms with van der Waals surface area (Å²) in [5.74, 6) is 1.25. The molecule has 0 unspecified atom stereocenters. The molecule has 2 aromatic rings. The molecule has 20 heavy (non-hydrogen) atoms. The largest absolute Gasteiger partial charge is 0.497 e. The van der Waals surface area contributed by atoms with Crippen molar-refractivity contribution in [2.24, 2.45) is 5.16 Å². The molecule has 6 heteroatoms. The van der Waals surface area contributed by atoms with Gasteiger partial charge in [-0.3, -0.25) is 4.57 Å². The van der Waals surface area contributed by atoms with Gasteiger partial charge >= 0.3 is 0 Å². The van der Waals surface area contributed by atoms with E-state index in [1.807, 2.05) is 19.9 Å². The van der Waals surface area contributed by atoms with E-state index in [-0.39, 0.29) is 6.10 Å². The van der Waals surface area contributed by atoms with Crippen LogP contribution in [0.4, 0.5) is 0 Å². The maximum Gasteiger partial charge on any atom is 0.186 e. The van der Waals surface area contributed by atoms with E-state index in [0.717, 1.165) is 0 Å². The molecule has 0 fully saturated rings. The first kappa shape index (κ1) is 14.4. The molecule has 2 rings (SSSR count). The third-order valence-corrected chi connectivity index (χ3v) is 2.84. The van der Waals surface area contributed by atoms with Gasteiger partial charge < -0.3 is 9.57 Å². The summed E-state index contributed by atoms with van der Waals surface area (Å²) in [5, 5.41) is 4.73. The lowest BCUT2D eigenvalue weighted by atomic mass is 10.2. The Morgan fingerprint density at radius 2 is 2.20 bits per heavy atom. The Hall–Kier alpha value is -2.01. The minimum absolute atomic E-state index is 0.0297. The van der Waals surface area contributed by atoms with Crippen LogP contribution in [0.1, 0.15) is 19.4 Å². The molecule has 0 atom stereocenters. The second kappa shape index (κ2) is 6.43. The van der Waals surface area contributed by atoms with Crippen LogP contribution < -0.4 is 4.74 Å². The molecule has 0 aliphatic heterocycles. The van der Waals surface area contributed by atoms with E-state index in [2.05, 4.69) is 10.1 Å². The molecule has 5 nitrogen and oxygen atoms in total. The maximum atomic E-state index is 6.25. The zero-order chi connectivity index (χ0) is 14.5. The fourth-order valence-electron chi connectivity index (χ4n) is 1.58. The molecule has 0 N–H and O–H groups in total. The lowest BCUT2D eigenvalue weighted by molar-refractivity contribution is 0.0853. The Bertz CT molecular complexity index is 594. The van der Waals surface area contributed by atoms with Crippen LogP contribution in [0.25, 0.3) is 0 Å². The minimum atomic E-state index is -0.0297. The van der Waals surface area contributed by atoms with Crippen LogP contribution in [0.2, 0.25) is 5.02 Å². The standard InChI is InChI=1S/C14H16ClN3O2/c1-10(2)20-17-14(18-7-6-16-9-18)12-8-11(19-3)4-5-13(12)15/h4-10H,1-3H3. The SMILES string of the molecule is COc1ccc(Cl)c(C(=NOC(C)C)n2ccnc2)c1. The van der Waals surface area contributed by atoms with E-state index in [9.17, 15) is 0 Å². The third-order valence-electron chi connectivity index (χ3n) is 2.51. The van der Waals surface area contributed by atoms with Gasteiger partial charge in [-0.2, -0.15) is 0 Å². The van der Waals surface area contributed by atoms with Crippen LogP contribution in [-0.4, -0.2) is 28.6 Å². The molecule has 1 heterocycles. The maximum absolute atomic E-state index is 6.25. The highest BCUT2D eigenvalue weighted by atomic mass is 35.5. The smallest absolute Gasteiger partial charge is 0.186 e. The van der Waals surface area contributed by atoms with Gasteiger partial charge in [0.05, 0.1) is 12.1 Å². The summed E-state index contributed by atoms with van der Waals surface area (Å²) in [5.41, 5.74) is 0.713. The first-order chi connectivity index (χ1) is 9.61. The molecule has 0 amide bonds. The number of nitrogens with zero attached hydrogens (tertiary/aromatic N) is 3. The number of methoxy groups -OCH3 is 1. The quantitative estimate of drug-likeness (QED) is 0.494. The molecule has 106 valence electrons. The fourth-order valence-corrected chi connectivity index (χ4v) is 1.78. The summed E-state index contributed by atoms with van der Waals surface area (Å²) in [7, 11) is 1.60. The van der Waals surface area contributed by atoms with E-state index in [0.29, 0.717) is 22.2 Å². The van der Waals surface area contributed by atoms with Crippen molar-refractivity contribution in [3.8, 4) is 5.75 Å². The van der Waals surface area contributed by atoms with Gasteiger partial charge in [0.2, 0.25) is 0 Å². The van der Waals surface area contributed by atoms with Crippen molar-refractivity contribution < 1.29 is 9.57 Å². The zero-order valence-electron chi connectivity index (χ0n) is 11.6. The number of hydrogen-bond donors (Lipinski definition) is 0. The number of ether oxygens (including phenoxy) is 1. The Kier molecular flexibility index (Phi) is 4.63. The van der Waals surface area contributed by atoms with Crippen LogP contribution in [0.3, 0.4) is 0 Å². The highest BCUT2D eigenvalue weighted by molar-refractivity contribution is 6.34. The number of halogens is 1. The first-order valence-electron chi connectivity index (χ1n) is 6.18. The average Bonchev–Trinajstić information content (AvgIpc) is 2.94. The summed E-state index contributed by atoms with van der Waals surface area (Å²) in [6.45, 7) is 3.81. The number of imidazole rings is 1. The van der Waals surface area contributed by atoms with Crippen LogP contribution in [0.15, 0.2) is 42.1 Å². The topological polar surface area (TPSA) is 48.6 Å². The number of rotatable bonds is 4. The zero-order valence-corrected chi connectivity index (χ0v) is 12.3. The Labute approximate surface area is 122 Å². The molecule has 0 aliphatic carbocycles. The van der Waals surface area contributed by atoms with Crippen molar-refractivity contribution in [2.45, 2.75) is 20.0 Å². The van der Waals surface area contributed by atoms with Gasteiger partial charge in [-0.25, -0.2) is 4.98 Å². The van der Waals surface area contributed by atoms with E-state index in [1.54, 1.807) is 42.5 Å². The molecule has 1 aromatic heterocycles. The van der Waals surface area contributed by atoms with E-state index >= 15 is 0 Å². The summed E-state index contributed by atoms with van der Waals surface area (Å²) in [4.78, 5) is 9.37. The van der Waals surface area contributed by atoms with Crippen LogP contribution in [-0.2, 0) is 4.84 Å². The number of aromatic nitrogens is 2. The van der Waals surface area contributed by atoms with E-state index in [1.165, 1.54) is 0 Å². The second-order valence-corrected chi connectivity index (χ2v) is 4.79. The van der Waals surface area contributed by atoms with Gasteiger partial charge in [-0.15, -0.1) is 0 Å². The molecule has 0 bridgehead atoms. The van der Waals surface area contributed by atoms with Crippen LogP contribution >= 0.6 is 11.6 Å². The Balaban J connectivity index is 2.49. The Morgan fingerprint density at radius 1 is 1.40 bits per heavy atom. The van der Waals surface area contributed by atoms with Crippen LogP contribution in [0.5, 0.6) is 5.75 Å². The normalized spacial score (nSPS) is 11.8. The van der Waals surface area contributed by atoms with Crippen molar-refractivity contribution >= 4 is 17.4 Å². The van der Waals surface area contributed by atoms with Crippen molar-refractivity contribution in [2.75, 3.05) is 7.11 Å². The highest BCUT2D eigenvalue weighted by Crippen LogP contribution is 2.23. The number of hydrogen-bond acceptors (Lipinski definition) is 4. The minimum Gasteiger partial charge on any atom is -0.497 e. The number of benzene rings is 1. The lowest BCUT2D eigenvalue weighted by Gasteiger charge is -2.12. The average molecular weight is 294 g/mol. The van der Waals surface area contributed by atoms with Gasteiger partial charge in [0.25, 0.3) is 0 Å². The molecular weight excluding hydrogens is 278 g/mol. The van der Waals surface area contributed by atoms with Crippen molar-refractivity contribution in [3.63, 3.8) is 0 Å². The fraction of sp³-hybridized carbons (Fsp3) is 0.286. The molecule has 1 aromatic carbocycles. The van der Waals surface area contributed by atoms with Gasteiger partial charge in [0, 0.05) is 18.0 Å². The molecule has 0 saturated heterocycles. The van der Waals surface area contributed by atoms with E-state index in [4.69, 9.17) is 21.2 Å². The third kappa shape index (κ3) is 3.30. The summed E-state index contributed by atoms with van der Waals surface area (Å²) < 4.78 is 6.96. The highest BCUT2D eigenvalue weighted by Gasteiger charge is 2.13. The summed E-state index contributed by atoms with van der Waals surface area (Å²) in [6.07, 6.45) is 5.05. The molecule has 0 spiro atoms. The van der Waals surface area contributed by atoms with Crippen molar-refractivity contribution in [1.29, 1.82) is 0 Å². The lowest BCUT2D eigenvalue weighted by Crippen LogP contribution is -2.14. The summed E-state index contributed by atoms with van der Waals surface area (Å²) in [6, 6.07) is 5.36. The summed E-state index contributed by atoms with van der Waals surface area (Å²) >= 11 is 6.25. The second-order valence-electron chi connectivity index (χ2n) is 4.38. The van der Waals surface area contributed by atoms with Crippen LogP contribution in [0, 0.1) is 0 Å². The number of oxime groups is 1. The predicted octanol–water partition coefficient (Wildman–Crippen LogP) is 3.18. The molecular formula is C14H16ClN3O2. The van der Waals surface area contributed by atoms with Gasteiger partial charge in [-0.1, -0.05) is 16.8 Å². The Morgan fingerprint density at radius 3 is 2.80 bits per heavy atom. The van der Waals surface area contributed by atoms with Crippen molar-refractivity contribution in [1.82, 2.24) is 9.55 Å². The molecule has 0 saturated carbocycles. The van der Waals surface area contributed by atoms with Gasteiger partial charge in [-0.05, 0) is 32.0 Å².